The number of carbonyl (C=O) groups is 1. The zero-order chi connectivity index (χ0) is 28.9. The van der Waals surface area contributed by atoms with Crippen LogP contribution in [0, 0.1) is 11.8 Å². The molecule has 0 saturated carbocycles. The number of nitrogens with two attached hydrogens (primary N) is 1. The number of nitrogen functional groups attached to an aromatic ring is 1. The van der Waals surface area contributed by atoms with Gasteiger partial charge >= 0.3 is 0 Å². The van der Waals surface area contributed by atoms with Gasteiger partial charge in [-0.2, -0.15) is 0 Å². The number of nitrogens with zero attached hydrogens (tertiary/aromatic N) is 4. The van der Waals surface area contributed by atoms with Crippen LogP contribution < -0.4 is 16.5 Å². The third-order valence-electron chi connectivity index (χ3n) is 6.15. The number of hydrogen-bond acceptors (Lipinski definition) is 8. The first-order valence-electron chi connectivity index (χ1n) is 13.0. The van der Waals surface area contributed by atoms with Crippen molar-refractivity contribution in [3.8, 4) is 23.0 Å². The second kappa shape index (κ2) is 11.9. The molecular formula is C31H26N6O3S. The minimum atomic E-state index is -0.699. The molecule has 2 aromatic carbocycles. The Morgan fingerprint density at radius 2 is 1.90 bits per heavy atom. The van der Waals surface area contributed by atoms with E-state index < -0.39 is 11.9 Å². The Morgan fingerprint density at radius 1 is 1.10 bits per heavy atom. The SMILES string of the molecule is CC.CC(NC(=O)c1c(N)nn2cccnc12)c1oc2cccc(C#Cc3cncs3)c2c(=O)c1-c1ccccc1. The number of thiazole rings is 1. The van der Waals surface area contributed by atoms with E-state index in [9.17, 15) is 9.59 Å². The topological polar surface area (TPSA) is 128 Å². The normalized spacial score (nSPS) is 11.3. The fourth-order valence-electron chi connectivity index (χ4n) is 4.41. The van der Waals surface area contributed by atoms with E-state index in [0.29, 0.717) is 39.1 Å². The van der Waals surface area contributed by atoms with Crippen LogP contribution in [0.1, 0.15) is 53.4 Å². The molecule has 41 heavy (non-hydrogen) atoms. The van der Waals surface area contributed by atoms with E-state index in [0.717, 1.165) is 4.88 Å². The molecule has 9 nitrogen and oxygen atoms in total. The van der Waals surface area contributed by atoms with Crippen LogP contribution in [-0.4, -0.2) is 25.5 Å². The van der Waals surface area contributed by atoms with E-state index >= 15 is 0 Å². The highest BCUT2D eigenvalue weighted by Gasteiger charge is 2.26. The maximum atomic E-state index is 14.1. The van der Waals surface area contributed by atoms with Crippen LogP contribution >= 0.6 is 11.3 Å². The molecule has 0 saturated heterocycles. The van der Waals surface area contributed by atoms with Gasteiger partial charge in [-0.15, -0.1) is 16.4 Å². The monoisotopic (exact) mass is 562 g/mol. The molecule has 0 aliphatic carbocycles. The molecule has 3 N–H and O–H groups in total. The summed E-state index contributed by atoms with van der Waals surface area (Å²) in [7, 11) is 0. The minimum absolute atomic E-state index is 0.0470. The Balaban J connectivity index is 0.00000165. The molecule has 4 aromatic heterocycles. The van der Waals surface area contributed by atoms with Gasteiger partial charge in [0.1, 0.15) is 16.9 Å². The molecule has 0 spiro atoms. The third-order valence-corrected chi connectivity index (χ3v) is 6.84. The Bertz CT molecular complexity index is 1970. The van der Waals surface area contributed by atoms with Gasteiger partial charge in [-0.05, 0) is 36.6 Å². The summed E-state index contributed by atoms with van der Waals surface area (Å²) in [4.78, 5) is 36.5. The van der Waals surface area contributed by atoms with Gasteiger partial charge in [0.2, 0.25) is 5.43 Å². The van der Waals surface area contributed by atoms with Crippen molar-refractivity contribution in [2.24, 2.45) is 0 Å². The van der Waals surface area contributed by atoms with Crippen molar-refractivity contribution in [3.63, 3.8) is 0 Å². The molecule has 0 radical (unpaired) electrons. The van der Waals surface area contributed by atoms with Crippen LogP contribution in [0.5, 0.6) is 0 Å². The lowest BCUT2D eigenvalue weighted by atomic mass is 9.97. The van der Waals surface area contributed by atoms with Gasteiger partial charge < -0.3 is 15.5 Å². The summed E-state index contributed by atoms with van der Waals surface area (Å²) in [6, 6.07) is 15.5. The number of carbonyl (C=O) groups excluding carboxylic acids is 1. The predicted octanol–water partition coefficient (Wildman–Crippen LogP) is 5.46. The van der Waals surface area contributed by atoms with E-state index in [4.69, 9.17) is 10.2 Å². The highest BCUT2D eigenvalue weighted by atomic mass is 32.1. The molecule has 4 heterocycles. The summed E-state index contributed by atoms with van der Waals surface area (Å²) in [5.74, 6) is 6.02. The molecule has 1 atom stereocenters. The summed E-state index contributed by atoms with van der Waals surface area (Å²) < 4.78 is 7.78. The van der Waals surface area contributed by atoms with Gasteiger partial charge in [-0.25, -0.2) is 9.50 Å². The van der Waals surface area contributed by atoms with Crippen LogP contribution in [-0.2, 0) is 0 Å². The van der Waals surface area contributed by atoms with Crippen LogP contribution in [0.25, 0.3) is 27.7 Å². The molecule has 6 aromatic rings. The number of anilines is 1. The van der Waals surface area contributed by atoms with Crippen LogP contribution in [0.3, 0.4) is 0 Å². The van der Waals surface area contributed by atoms with Gasteiger partial charge in [0.25, 0.3) is 5.91 Å². The molecule has 0 aliphatic heterocycles. The van der Waals surface area contributed by atoms with Crippen molar-refractivity contribution in [1.82, 2.24) is 24.9 Å². The van der Waals surface area contributed by atoms with E-state index in [1.165, 1.54) is 15.9 Å². The summed E-state index contributed by atoms with van der Waals surface area (Å²) in [6.45, 7) is 5.75. The lowest BCUT2D eigenvalue weighted by molar-refractivity contribution is 0.0938. The van der Waals surface area contributed by atoms with Crippen LogP contribution in [0.15, 0.2) is 87.9 Å². The lowest BCUT2D eigenvalue weighted by Gasteiger charge is -2.18. The number of benzene rings is 2. The Hall–Kier alpha value is -5.27. The molecule has 0 fully saturated rings. The molecule has 1 unspecified atom stereocenters. The molecule has 10 heteroatoms. The molecule has 1 amide bonds. The Labute approximate surface area is 239 Å². The number of fused-ring (bicyclic) bond motifs is 2. The minimum Gasteiger partial charge on any atom is -0.458 e. The third kappa shape index (κ3) is 5.31. The number of rotatable bonds is 4. The summed E-state index contributed by atoms with van der Waals surface area (Å²) >= 11 is 1.42. The van der Waals surface area contributed by atoms with Crippen molar-refractivity contribution in [2.45, 2.75) is 26.8 Å². The second-order valence-electron chi connectivity index (χ2n) is 8.67. The first-order valence-corrected chi connectivity index (χ1v) is 13.8. The summed E-state index contributed by atoms with van der Waals surface area (Å²) in [6.07, 6.45) is 4.89. The standard InChI is InChI=1S/C29H20N6O3S.C2H6/c1-17(33-29(37)24-27(30)34-35-14-6-13-32-28(24)35)26-23(18-7-3-2-4-8-18)25(36)22-19(9-5-10-21(22)38-26)11-12-20-15-31-16-39-20;1-2/h2-10,13-17H,1H3,(H2,30,34)(H,33,37);1-2H3. The zero-order valence-corrected chi connectivity index (χ0v) is 23.4. The zero-order valence-electron chi connectivity index (χ0n) is 22.6. The number of nitrogens with one attached hydrogen (secondary N) is 1. The first-order chi connectivity index (χ1) is 20.0. The van der Waals surface area contributed by atoms with E-state index in [1.807, 2.05) is 44.2 Å². The highest BCUT2D eigenvalue weighted by molar-refractivity contribution is 7.10. The van der Waals surface area contributed by atoms with Crippen LogP contribution in [0.2, 0.25) is 0 Å². The summed E-state index contributed by atoms with van der Waals surface area (Å²) in [5, 5.41) is 7.44. The molecule has 204 valence electrons. The smallest absolute Gasteiger partial charge is 0.259 e. The maximum absolute atomic E-state index is 14.1. The fourth-order valence-corrected chi connectivity index (χ4v) is 4.87. The second-order valence-corrected chi connectivity index (χ2v) is 9.56. The quantitative estimate of drug-likeness (QED) is 0.273. The largest absolute Gasteiger partial charge is 0.458 e. The van der Waals surface area contributed by atoms with E-state index in [2.05, 4.69) is 32.2 Å². The average molecular weight is 563 g/mol. The number of aromatic nitrogens is 4. The number of amides is 1. The predicted molar refractivity (Wildman–Crippen MR) is 161 cm³/mol. The fraction of sp³-hybridized carbons (Fsp3) is 0.129. The first kappa shape index (κ1) is 27.3. The van der Waals surface area contributed by atoms with Gasteiger partial charge in [0.05, 0.1) is 33.6 Å². The Morgan fingerprint density at radius 3 is 2.66 bits per heavy atom. The Kier molecular flexibility index (Phi) is 7.90. The van der Waals surface area contributed by atoms with Crippen molar-refractivity contribution in [3.05, 3.63) is 111 Å². The van der Waals surface area contributed by atoms with Crippen molar-refractivity contribution < 1.29 is 9.21 Å². The van der Waals surface area contributed by atoms with Gasteiger partial charge in [0, 0.05) is 18.0 Å². The van der Waals surface area contributed by atoms with E-state index in [1.54, 1.807) is 55.3 Å². The van der Waals surface area contributed by atoms with Crippen molar-refractivity contribution >= 4 is 39.7 Å². The number of hydrogen-bond donors (Lipinski definition) is 2. The van der Waals surface area contributed by atoms with Crippen LogP contribution in [0.4, 0.5) is 5.82 Å². The van der Waals surface area contributed by atoms with Crippen molar-refractivity contribution in [2.75, 3.05) is 5.73 Å². The average Bonchev–Trinajstić information content (AvgIpc) is 3.64. The lowest BCUT2D eigenvalue weighted by Crippen LogP contribution is -2.28. The summed E-state index contributed by atoms with van der Waals surface area (Å²) in [5.41, 5.74) is 9.88. The molecule has 0 bridgehead atoms. The highest BCUT2D eigenvalue weighted by Crippen LogP contribution is 2.30. The van der Waals surface area contributed by atoms with Gasteiger partial charge in [0.15, 0.2) is 11.5 Å². The maximum Gasteiger partial charge on any atom is 0.259 e. The van der Waals surface area contributed by atoms with Gasteiger partial charge in [-0.3, -0.25) is 14.6 Å². The van der Waals surface area contributed by atoms with E-state index in [-0.39, 0.29) is 16.8 Å². The van der Waals surface area contributed by atoms with Crippen molar-refractivity contribution in [1.29, 1.82) is 0 Å². The molecular weight excluding hydrogens is 536 g/mol. The molecule has 0 aliphatic rings. The molecule has 6 rings (SSSR count). The van der Waals surface area contributed by atoms with Gasteiger partial charge in [-0.1, -0.05) is 56.2 Å².